The molecule has 5 heteroatoms. The van der Waals surface area contributed by atoms with E-state index in [2.05, 4.69) is 17.2 Å². The number of carbonyl (C=O) groups excluding carboxylic acids is 1. The average Bonchev–Trinajstić information content (AvgIpc) is 2.91. The summed E-state index contributed by atoms with van der Waals surface area (Å²) in [6, 6.07) is 7.92. The first kappa shape index (κ1) is 15.5. The van der Waals surface area contributed by atoms with Crippen molar-refractivity contribution in [1.29, 1.82) is 0 Å². The zero-order valence-corrected chi connectivity index (χ0v) is 12.6. The zero-order valence-electron chi connectivity index (χ0n) is 12.6. The first-order chi connectivity index (χ1) is 10.3. The molecule has 0 unspecified atom stereocenters. The van der Waals surface area contributed by atoms with E-state index in [-0.39, 0.29) is 5.97 Å². The van der Waals surface area contributed by atoms with Crippen LogP contribution in [-0.2, 0) is 16.1 Å². The maximum atomic E-state index is 11.4. The van der Waals surface area contributed by atoms with Gasteiger partial charge in [-0.1, -0.05) is 37.1 Å². The Labute approximate surface area is 125 Å². The molecule has 0 radical (unpaired) electrons. The predicted molar refractivity (Wildman–Crippen MR) is 81.9 cm³/mol. The lowest BCUT2D eigenvalue weighted by molar-refractivity contribution is -0.143. The van der Waals surface area contributed by atoms with Crippen molar-refractivity contribution in [2.24, 2.45) is 0 Å². The van der Waals surface area contributed by atoms with Crippen molar-refractivity contribution in [1.82, 2.24) is 15.0 Å². The van der Waals surface area contributed by atoms with Gasteiger partial charge in [-0.05, 0) is 31.4 Å². The number of hydrogen-bond acceptors (Lipinski definition) is 4. The van der Waals surface area contributed by atoms with Crippen molar-refractivity contribution in [3.05, 3.63) is 24.3 Å². The van der Waals surface area contributed by atoms with Crippen molar-refractivity contribution < 1.29 is 9.53 Å². The monoisotopic (exact) mass is 289 g/mol. The first-order valence-electron chi connectivity index (χ1n) is 7.75. The lowest BCUT2D eigenvalue weighted by atomic mass is 10.2. The Balaban J connectivity index is 1.63. The molecule has 0 spiro atoms. The summed E-state index contributed by atoms with van der Waals surface area (Å²) < 4.78 is 7.11. The van der Waals surface area contributed by atoms with Crippen LogP contribution in [0.2, 0.25) is 0 Å². The maximum Gasteiger partial charge on any atom is 0.305 e. The number of fused-ring (bicyclic) bond motifs is 1. The number of para-hydroxylation sites is 1. The molecule has 0 fully saturated rings. The summed E-state index contributed by atoms with van der Waals surface area (Å²) in [5, 5.41) is 8.25. The highest BCUT2D eigenvalue weighted by Gasteiger charge is 2.04. The van der Waals surface area contributed by atoms with Gasteiger partial charge in [-0.25, -0.2) is 4.68 Å². The Morgan fingerprint density at radius 1 is 1.19 bits per heavy atom. The van der Waals surface area contributed by atoms with Gasteiger partial charge in [0.2, 0.25) is 0 Å². The third-order valence-electron chi connectivity index (χ3n) is 3.43. The Kier molecular flexibility index (Phi) is 6.19. The molecular formula is C16H23N3O2. The van der Waals surface area contributed by atoms with Crippen LogP contribution in [0.25, 0.3) is 11.0 Å². The van der Waals surface area contributed by atoms with E-state index >= 15 is 0 Å². The molecule has 0 saturated carbocycles. The second-order valence-electron chi connectivity index (χ2n) is 5.19. The van der Waals surface area contributed by atoms with E-state index in [0.717, 1.165) is 49.7 Å². The Morgan fingerprint density at radius 3 is 2.90 bits per heavy atom. The number of aromatic nitrogens is 3. The summed E-state index contributed by atoms with van der Waals surface area (Å²) in [5.74, 6) is -0.0744. The van der Waals surface area contributed by atoms with Crippen LogP contribution in [0.4, 0.5) is 0 Å². The highest BCUT2D eigenvalue weighted by Crippen LogP contribution is 2.10. The summed E-state index contributed by atoms with van der Waals surface area (Å²) >= 11 is 0. The Bertz CT molecular complexity index is 565. The van der Waals surface area contributed by atoms with Crippen LogP contribution in [0.1, 0.15) is 45.4 Å². The van der Waals surface area contributed by atoms with Crippen molar-refractivity contribution in [3.8, 4) is 0 Å². The zero-order chi connectivity index (χ0) is 14.9. The van der Waals surface area contributed by atoms with Crippen molar-refractivity contribution in [2.45, 2.75) is 52.0 Å². The molecule has 114 valence electrons. The van der Waals surface area contributed by atoms with Gasteiger partial charge >= 0.3 is 5.97 Å². The molecular weight excluding hydrogens is 266 g/mol. The summed E-state index contributed by atoms with van der Waals surface area (Å²) in [7, 11) is 0. The minimum atomic E-state index is -0.0744. The van der Waals surface area contributed by atoms with Crippen LogP contribution < -0.4 is 0 Å². The molecule has 2 aromatic rings. The van der Waals surface area contributed by atoms with Crippen LogP contribution in [0.15, 0.2) is 24.3 Å². The second kappa shape index (κ2) is 8.39. The molecule has 0 amide bonds. The molecule has 0 aliphatic heterocycles. The van der Waals surface area contributed by atoms with Crippen molar-refractivity contribution in [3.63, 3.8) is 0 Å². The van der Waals surface area contributed by atoms with Gasteiger partial charge in [0.05, 0.1) is 12.1 Å². The molecule has 0 aliphatic rings. The van der Waals surface area contributed by atoms with Gasteiger partial charge < -0.3 is 4.74 Å². The molecule has 5 nitrogen and oxygen atoms in total. The topological polar surface area (TPSA) is 57.0 Å². The SMILES string of the molecule is CCCCCC(=O)OCCCCn1nnc2ccccc21. The second-order valence-corrected chi connectivity index (χ2v) is 5.19. The predicted octanol–water partition coefficient (Wildman–Crippen LogP) is 3.34. The highest BCUT2D eigenvalue weighted by molar-refractivity contribution is 5.73. The third kappa shape index (κ3) is 4.85. The minimum Gasteiger partial charge on any atom is -0.466 e. The van der Waals surface area contributed by atoms with E-state index in [9.17, 15) is 4.79 Å². The van der Waals surface area contributed by atoms with Gasteiger partial charge in [-0.15, -0.1) is 5.10 Å². The quantitative estimate of drug-likeness (QED) is 0.525. The number of aryl methyl sites for hydroxylation is 1. The summed E-state index contributed by atoms with van der Waals surface area (Å²) in [6.07, 6.45) is 5.47. The van der Waals surface area contributed by atoms with E-state index in [1.165, 1.54) is 0 Å². The summed E-state index contributed by atoms with van der Waals surface area (Å²) in [5.41, 5.74) is 1.97. The van der Waals surface area contributed by atoms with Gasteiger partial charge in [0, 0.05) is 13.0 Å². The van der Waals surface area contributed by atoms with Crippen molar-refractivity contribution in [2.75, 3.05) is 6.61 Å². The van der Waals surface area contributed by atoms with Gasteiger partial charge in [0.1, 0.15) is 5.52 Å². The fourth-order valence-corrected chi connectivity index (χ4v) is 2.22. The Hall–Kier alpha value is -1.91. The van der Waals surface area contributed by atoms with E-state index < -0.39 is 0 Å². The molecule has 0 N–H and O–H groups in total. The van der Waals surface area contributed by atoms with Crippen LogP contribution in [0, 0.1) is 0 Å². The number of hydrogen-bond donors (Lipinski definition) is 0. The summed E-state index contributed by atoms with van der Waals surface area (Å²) in [6.45, 7) is 3.42. The highest BCUT2D eigenvalue weighted by atomic mass is 16.5. The lowest BCUT2D eigenvalue weighted by Crippen LogP contribution is -2.07. The third-order valence-corrected chi connectivity index (χ3v) is 3.43. The number of carbonyl (C=O) groups is 1. The molecule has 2 rings (SSSR count). The number of esters is 1. The maximum absolute atomic E-state index is 11.4. The fraction of sp³-hybridized carbons (Fsp3) is 0.562. The normalized spacial score (nSPS) is 10.9. The number of nitrogens with zero attached hydrogens (tertiary/aromatic N) is 3. The van der Waals surface area contributed by atoms with Gasteiger partial charge in [0.15, 0.2) is 0 Å². The molecule has 0 aliphatic carbocycles. The molecule has 0 saturated heterocycles. The van der Waals surface area contributed by atoms with Crippen LogP contribution in [0.5, 0.6) is 0 Å². The van der Waals surface area contributed by atoms with E-state index in [4.69, 9.17) is 4.74 Å². The number of benzene rings is 1. The number of rotatable bonds is 9. The van der Waals surface area contributed by atoms with Crippen molar-refractivity contribution >= 4 is 17.0 Å². The fourth-order valence-electron chi connectivity index (χ4n) is 2.22. The Morgan fingerprint density at radius 2 is 2.05 bits per heavy atom. The van der Waals surface area contributed by atoms with Gasteiger partial charge in [0.25, 0.3) is 0 Å². The van der Waals surface area contributed by atoms with Crippen LogP contribution >= 0.6 is 0 Å². The van der Waals surface area contributed by atoms with E-state index in [1.807, 2.05) is 28.9 Å². The number of ether oxygens (including phenoxy) is 1. The van der Waals surface area contributed by atoms with Crippen LogP contribution in [-0.4, -0.2) is 27.6 Å². The van der Waals surface area contributed by atoms with Gasteiger partial charge in [-0.2, -0.15) is 0 Å². The standard InChI is InChI=1S/C16H23N3O2/c1-2-3-4-11-16(20)21-13-8-7-12-19-15-10-6-5-9-14(15)17-18-19/h5-6,9-10H,2-4,7-8,11-13H2,1H3. The summed E-state index contributed by atoms with van der Waals surface area (Å²) in [4.78, 5) is 11.4. The molecule has 0 atom stereocenters. The van der Waals surface area contributed by atoms with Gasteiger partial charge in [-0.3, -0.25) is 4.79 Å². The first-order valence-corrected chi connectivity index (χ1v) is 7.75. The molecule has 1 heterocycles. The molecule has 1 aromatic heterocycles. The average molecular weight is 289 g/mol. The van der Waals surface area contributed by atoms with Crippen LogP contribution in [0.3, 0.4) is 0 Å². The van der Waals surface area contributed by atoms with E-state index in [1.54, 1.807) is 0 Å². The molecule has 21 heavy (non-hydrogen) atoms. The van der Waals surface area contributed by atoms with E-state index in [0.29, 0.717) is 13.0 Å². The lowest BCUT2D eigenvalue weighted by Gasteiger charge is -2.05. The molecule has 0 bridgehead atoms. The largest absolute Gasteiger partial charge is 0.466 e. The smallest absolute Gasteiger partial charge is 0.305 e. The molecule has 1 aromatic carbocycles. The minimum absolute atomic E-state index is 0.0744. The number of unbranched alkanes of at least 4 members (excludes halogenated alkanes) is 3.